The highest BCUT2D eigenvalue weighted by molar-refractivity contribution is 5.85. The first-order valence-corrected chi connectivity index (χ1v) is 8.17. The molecule has 128 valence electrons. The largest absolute Gasteiger partial charge is 0.393 e. The normalized spacial score (nSPS) is 19.7. The predicted octanol–water partition coefficient (Wildman–Crippen LogP) is 0.901. The molecule has 2 aliphatic rings. The summed E-state index contributed by atoms with van der Waals surface area (Å²) < 4.78 is 0. The Hall–Kier alpha value is -1.14. The van der Waals surface area contributed by atoms with Crippen molar-refractivity contribution in [1.29, 1.82) is 0 Å². The first-order chi connectivity index (χ1) is 10.7. The number of carbonyl (C=O) groups is 1. The van der Waals surface area contributed by atoms with E-state index in [0.717, 1.165) is 51.1 Å². The summed E-state index contributed by atoms with van der Waals surface area (Å²) >= 11 is 0. The minimum atomic E-state index is -0.117. The average molecular weight is 340 g/mol. The Morgan fingerprint density at radius 3 is 2.35 bits per heavy atom. The quantitative estimate of drug-likeness (QED) is 0.746. The van der Waals surface area contributed by atoms with Gasteiger partial charge in [0.15, 0.2) is 0 Å². The van der Waals surface area contributed by atoms with E-state index in [1.54, 1.807) is 0 Å². The van der Waals surface area contributed by atoms with Gasteiger partial charge in [0.05, 0.1) is 12.0 Å². The Morgan fingerprint density at radius 1 is 1.17 bits per heavy atom. The number of rotatable bonds is 5. The summed E-state index contributed by atoms with van der Waals surface area (Å²) in [6.45, 7) is 5.08. The summed E-state index contributed by atoms with van der Waals surface area (Å²) in [7, 11) is 0. The molecule has 0 unspecified atom stereocenters. The zero-order valence-electron chi connectivity index (χ0n) is 13.3. The highest BCUT2D eigenvalue weighted by atomic mass is 35.5. The molecule has 2 heterocycles. The van der Waals surface area contributed by atoms with E-state index in [1.165, 1.54) is 5.56 Å². The number of aliphatic hydroxyl groups is 1. The Bertz CT molecular complexity index is 497. The summed E-state index contributed by atoms with van der Waals surface area (Å²) in [5.74, 6) is 0.295. The molecule has 0 atom stereocenters. The van der Waals surface area contributed by atoms with E-state index in [1.807, 2.05) is 0 Å². The van der Waals surface area contributed by atoms with Gasteiger partial charge in [0.25, 0.3) is 0 Å². The summed E-state index contributed by atoms with van der Waals surface area (Å²) in [5.41, 5.74) is 2.42. The third kappa shape index (κ3) is 5.18. The van der Waals surface area contributed by atoms with Crippen molar-refractivity contribution in [3.63, 3.8) is 0 Å². The first-order valence-electron chi connectivity index (χ1n) is 8.17. The van der Waals surface area contributed by atoms with Crippen molar-refractivity contribution in [2.24, 2.45) is 5.92 Å². The highest BCUT2D eigenvalue weighted by Crippen LogP contribution is 2.14. The lowest BCUT2D eigenvalue weighted by Gasteiger charge is -2.29. The number of nitrogens with zero attached hydrogens (tertiary/aromatic N) is 1. The van der Waals surface area contributed by atoms with Gasteiger partial charge in [-0.05, 0) is 24.0 Å². The standard InChI is InChI=1S/C17H25N3O2.ClH/c21-16-5-7-20(8-6-16)12-14-3-1-13(2-4-14)9-19-17(22)15-10-18-11-15;/h1-4,15-16,18,21H,5-12H2,(H,19,22);1H. The molecule has 2 saturated heterocycles. The van der Waals surface area contributed by atoms with Gasteiger partial charge in [0, 0.05) is 39.3 Å². The van der Waals surface area contributed by atoms with Crippen molar-refractivity contribution in [3.05, 3.63) is 35.4 Å². The number of nitrogens with one attached hydrogen (secondary N) is 2. The van der Waals surface area contributed by atoms with Crippen LogP contribution in [0.4, 0.5) is 0 Å². The van der Waals surface area contributed by atoms with Gasteiger partial charge in [-0.25, -0.2) is 0 Å². The van der Waals surface area contributed by atoms with Gasteiger partial charge in [-0.3, -0.25) is 9.69 Å². The molecule has 6 heteroatoms. The second-order valence-corrected chi connectivity index (χ2v) is 6.40. The van der Waals surface area contributed by atoms with E-state index >= 15 is 0 Å². The molecular formula is C17H26ClN3O2. The van der Waals surface area contributed by atoms with Crippen LogP contribution in [0.25, 0.3) is 0 Å². The van der Waals surface area contributed by atoms with Crippen LogP contribution in [0, 0.1) is 5.92 Å². The number of hydrogen-bond donors (Lipinski definition) is 3. The minimum Gasteiger partial charge on any atom is -0.393 e. The van der Waals surface area contributed by atoms with Gasteiger partial charge < -0.3 is 15.7 Å². The molecule has 0 saturated carbocycles. The smallest absolute Gasteiger partial charge is 0.225 e. The molecule has 3 N–H and O–H groups in total. The van der Waals surface area contributed by atoms with E-state index in [-0.39, 0.29) is 30.3 Å². The molecule has 1 aromatic carbocycles. The second kappa shape index (κ2) is 8.64. The molecule has 23 heavy (non-hydrogen) atoms. The second-order valence-electron chi connectivity index (χ2n) is 6.40. The maximum Gasteiger partial charge on any atom is 0.225 e. The lowest BCUT2D eigenvalue weighted by atomic mass is 10.0. The van der Waals surface area contributed by atoms with Gasteiger partial charge in [0.2, 0.25) is 5.91 Å². The van der Waals surface area contributed by atoms with E-state index in [4.69, 9.17) is 0 Å². The van der Waals surface area contributed by atoms with Gasteiger partial charge in [-0.1, -0.05) is 24.3 Å². The van der Waals surface area contributed by atoms with Crippen LogP contribution in [0.5, 0.6) is 0 Å². The van der Waals surface area contributed by atoms with E-state index in [9.17, 15) is 9.90 Å². The van der Waals surface area contributed by atoms with Crippen LogP contribution in [-0.4, -0.2) is 48.2 Å². The Kier molecular flexibility index (Phi) is 6.84. The number of carbonyl (C=O) groups excluding carboxylic acids is 1. The molecular weight excluding hydrogens is 314 g/mol. The van der Waals surface area contributed by atoms with Crippen LogP contribution in [0.2, 0.25) is 0 Å². The molecule has 0 bridgehead atoms. The van der Waals surface area contributed by atoms with Crippen molar-refractivity contribution in [3.8, 4) is 0 Å². The highest BCUT2D eigenvalue weighted by Gasteiger charge is 2.24. The number of amides is 1. The SMILES string of the molecule is Cl.O=C(NCc1ccc(CN2CCC(O)CC2)cc1)C1CNC1. The van der Waals surface area contributed by atoms with Crippen LogP contribution in [0.15, 0.2) is 24.3 Å². The fourth-order valence-corrected chi connectivity index (χ4v) is 2.91. The van der Waals surface area contributed by atoms with E-state index in [0.29, 0.717) is 6.54 Å². The molecule has 1 amide bonds. The zero-order chi connectivity index (χ0) is 15.4. The summed E-state index contributed by atoms with van der Waals surface area (Å²) in [6, 6.07) is 8.45. The van der Waals surface area contributed by atoms with Crippen LogP contribution in [0.3, 0.4) is 0 Å². The van der Waals surface area contributed by atoms with Crippen molar-refractivity contribution in [2.45, 2.75) is 32.0 Å². The number of likely N-dealkylation sites (tertiary alicyclic amines) is 1. The van der Waals surface area contributed by atoms with Crippen LogP contribution < -0.4 is 10.6 Å². The summed E-state index contributed by atoms with van der Waals surface area (Å²) in [4.78, 5) is 14.2. The van der Waals surface area contributed by atoms with Crippen LogP contribution in [0.1, 0.15) is 24.0 Å². The van der Waals surface area contributed by atoms with Crippen molar-refractivity contribution in [2.75, 3.05) is 26.2 Å². The molecule has 0 aliphatic carbocycles. The van der Waals surface area contributed by atoms with Crippen molar-refractivity contribution in [1.82, 2.24) is 15.5 Å². The number of piperidine rings is 1. The molecule has 0 radical (unpaired) electrons. The monoisotopic (exact) mass is 339 g/mol. The predicted molar refractivity (Wildman–Crippen MR) is 92.4 cm³/mol. The molecule has 2 fully saturated rings. The average Bonchev–Trinajstić information content (AvgIpc) is 2.47. The van der Waals surface area contributed by atoms with Gasteiger partial charge in [-0.2, -0.15) is 0 Å². The number of hydrogen-bond acceptors (Lipinski definition) is 4. The van der Waals surface area contributed by atoms with E-state index < -0.39 is 0 Å². The zero-order valence-corrected chi connectivity index (χ0v) is 14.1. The number of halogens is 1. The summed E-state index contributed by atoms with van der Waals surface area (Å²) in [5, 5.41) is 15.6. The molecule has 0 spiro atoms. The van der Waals surface area contributed by atoms with Crippen LogP contribution in [-0.2, 0) is 17.9 Å². The fourth-order valence-electron chi connectivity index (χ4n) is 2.91. The third-order valence-corrected chi connectivity index (χ3v) is 4.61. The van der Waals surface area contributed by atoms with Crippen LogP contribution >= 0.6 is 12.4 Å². The number of benzene rings is 1. The maximum absolute atomic E-state index is 11.8. The first kappa shape index (κ1) is 18.2. The Balaban J connectivity index is 0.00000192. The molecule has 0 aromatic heterocycles. The minimum absolute atomic E-state index is 0. The molecule has 1 aromatic rings. The molecule has 3 rings (SSSR count). The maximum atomic E-state index is 11.8. The lowest BCUT2D eigenvalue weighted by Crippen LogP contribution is -2.50. The Labute approximate surface area is 143 Å². The lowest BCUT2D eigenvalue weighted by molar-refractivity contribution is -0.126. The van der Waals surface area contributed by atoms with Gasteiger partial charge >= 0.3 is 0 Å². The summed E-state index contributed by atoms with van der Waals surface area (Å²) in [6.07, 6.45) is 1.63. The topological polar surface area (TPSA) is 64.6 Å². The third-order valence-electron chi connectivity index (χ3n) is 4.61. The van der Waals surface area contributed by atoms with Crippen molar-refractivity contribution >= 4 is 18.3 Å². The fraction of sp³-hybridized carbons (Fsp3) is 0.588. The Morgan fingerprint density at radius 2 is 1.78 bits per heavy atom. The molecule has 2 aliphatic heterocycles. The van der Waals surface area contributed by atoms with E-state index in [2.05, 4.69) is 39.8 Å². The van der Waals surface area contributed by atoms with Gasteiger partial charge in [-0.15, -0.1) is 12.4 Å². The number of aliphatic hydroxyl groups excluding tert-OH is 1. The van der Waals surface area contributed by atoms with Gasteiger partial charge in [0.1, 0.15) is 0 Å². The molecule has 5 nitrogen and oxygen atoms in total. The van der Waals surface area contributed by atoms with Crippen molar-refractivity contribution < 1.29 is 9.90 Å².